The summed E-state index contributed by atoms with van der Waals surface area (Å²) in [6.45, 7) is 4.02. The van der Waals surface area contributed by atoms with Gasteiger partial charge in [-0.15, -0.1) is 0 Å². The fourth-order valence-corrected chi connectivity index (χ4v) is 2.74. The van der Waals surface area contributed by atoms with Crippen LogP contribution in [0.5, 0.6) is 5.75 Å². The number of hydrogen-bond acceptors (Lipinski definition) is 2. The highest BCUT2D eigenvalue weighted by atomic mass is 19.1. The van der Waals surface area contributed by atoms with E-state index in [0.717, 1.165) is 12.0 Å². The normalized spacial score (nSPS) is 27.1. The Labute approximate surface area is 106 Å². The van der Waals surface area contributed by atoms with E-state index in [1.54, 1.807) is 6.07 Å². The molecule has 1 aromatic carbocycles. The van der Waals surface area contributed by atoms with Gasteiger partial charge in [0.25, 0.3) is 0 Å². The van der Waals surface area contributed by atoms with Crippen LogP contribution in [0.1, 0.15) is 32.3 Å². The second-order valence-corrected chi connectivity index (χ2v) is 4.97. The topological polar surface area (TPSA) is 38.3 Å². The molecule has 1 heterocycles. The van der Waals surface area contributed by atoms with E-state index in [9.17, 15) is 9.18 Å². The lowest BCUT2D eigenvalue weighted by atomic mass is 9.75. The van der Waals surface area contributed by atoms with E-state index in [-0.39, 0.29) is 28.9 Å². The molecular formula is C14H18FNO2. The fraction of sp³-hybridized carbons (Fsp3) is 0.500. The maximum Gasteiger partial charge on any atom is 0.221 e. The molecule has 3 nitrogen and oxygen atoms in total. The molecule has 2 atom stereocenters. The highest BCUT2D eigenvalue weighted by molar-refractivity contribution is 5.81. The summed E-state index contributed by atoms with van der Waals surface area (Å²) in [7, 11) is 1.44. The summed E-state index contributed by atoms with van der Waals surface area (Å²) in [5.74, 6) is -0.126. The molecule has 0 aliphatic carbocycles. The molecule has 1 N–H and O–H groups in total. The van der Waals surface area contributed by atoms with Crippen LogP contribution in [0.15, 0.2) is 18.2 Å². The molecule has 2 rings (SSSR count). The summed E-state index contributed by atoms with van der Waals surface area (Å²) in [6.07, 6.45) is 1.23. The highest BCUT2D eigenvalue weighted by Crippen LogP contribution is 2.38. The molecule has 1 saturated heterocycles. The van der Waals surface area contributed by atoms with Crippen LogP contribution in [0.25, 0.3) is 0 Å². The minimum absolute atomic E-state index is 0.0283. The average Bonchev–Trinajstić information content (AvgIpc) is 2.65. The third-order valence-electron chi connectivity index (χ3n) is 3.85. The van der Waals surface area contributed by atoms with E-state index in [2.05, 4.69) is 5.32 Å². The Morgan fingerprint density at radius 3 is 2.83 bits per heavy atom. The van der Waals surface area contributed by atoms with Gasteiger partial charge in [-0.1, -0.05) is 19.9 Å². The lowest BCUT2D eigenvalue weighted by molar-refractivity contribution is -0.119. The monoisotopic (exact) mass is 251 g/mol. The van der Waals surface area contributed by atoms with Gasteiger partial charge in [0.15, 0.2) is 11.6 Å². The van der Waals surface area contributed by atoms with Crippen LogP contribution in [0.3, 0.4) is 0 Å². The first kappa shape index (κ1) is 12.9. The van der Waals surface area contributed by atoms with Crippen molar-refractivity contribution in [2.24, 2.45) is 0 Å². The van der Waals surface area contributed by atoms with Crippen molar-refractivity contribution in [3.05, 3.63) is 29.6 Å². The number of rotatable bonds is 3. The predicted molar refractivity (Wildman–Crippen MR) is 67.1 cm³/mol. The number of hydrogen-bond donors (Lipinski definition) is 1. The Bertz CT molecular complexity index is 475. The van der Waals surface area contributed by atoms with Gasteiger partial charge in [-0.3, -0.25) is 4.79 Å². The Balaban J connectivity index is 2.40. The third-order valence-corrected chi connectivity index (χ3v) is 3.85. The second-order valence-electron chi connectivity index (χ2n) is 4.97. The molecule has 2 unspecified atom stereocenters. The minimum Gasteiger partial charge on any atom is -0.494 e. The summed E-state index contributed by atoms with van der Waals surface area (Å²) in [4.78, 5) is 11.6. The number of nitrogens with one attached hydrogen (secondary N) is 1. The molecule has 18 heavy (non-hydrogen) atoms. The minimum atomic E-state index is -0.384. The van der Waals surface area contributed by atoms with Gasteiger partial charge in [0.05, 0.1) is 7.11 Å². The summed E-state index contributed by atoms with van der Waals surface area (Å²) in [5, 5.41) is 2.95. The zero-order valence-electron chi connectivity index (χ0n) is 10.9. The van der Waals surface area contributed by atoms with Crippen LogP contribution >= 0.6 is 0 Å². The van der Waals surface area contributed by atoms with Gasteiger partial charge in [0.2, 0.25) is 5.91 Å². The Kier molecular flexibility index (Phi) is 3.28. The number of halogens is 1. The van der Waals surface area contributed by atoms with E-state index in [4.69, 9.17) is 4.74 Å². The van der Waals surface area contributed by atoms with Gasteiger partial charge in [-0.25, -0.2) is 4.39 Å². The van der Waals surface area contributed by atoms with E-state index >= 15 is 0 Å². The molecule has 0 spiro atoms. The van der Waals surface area contributed by atoms with Gasteiger partial charge in [0.1, 0.15) is 0 Å². The van der Waals surface area contributed by atoms with Crippen LogP contribution in [0, 0.1) is 5.82 Å². The van der Waals surface area contributed by atoms with Crippen LogP contribution in [-0.2, 0) is 10.2 Å². The zero-order valence-corrected chi connectivity index (χ0v) is 10.9. The fourth-order valence-electron chi connectivity index (χ4n) is 2.74. The molecular weight excluding hydrogens is 233 g/mol. The van der Waals surface area contributed by atoms with E-state index in [1.165, 1.54) is 13.2 Å². The Hall–Kier alpha value is -1.58. The van der Waals surface area contributed by atoms with Crippen molar-refractivity contribution in [3.8, 4) is 5.75 Å². The molecule has 98 valence electrons. The summed E-state index contributed by atoms with van der Waals surface area (Å²) in [5.41, 5.74) is 0.491. The molecule has 1 aliphatic rings. The largest absolute Gasteiger partial charge is 0.494 e. The van der Waals surface area contributed by atoms with Gasteiger partial charge in [-0.2, -0.15) is 0 Å². The summed E-state index contributed by atoms with van der Waals surface area (Å²) >= 11 is 0. The van der Waals surface area contributed by atoms with Gasteiger partial charge < -0.3 is 10.1 Å². The summed E-state index contributed by atoms with van der Waals surface area (Å²) < 4.78 is 18.7. The maximum atomic E-state index is 13.8. The van der Waals surface area contributed by atoms with E-state index in [1.807, 2.05) is 19.9 Å². The van der Waals surface area contributed by atoms with Crippen molar-refractivity contribution in [2.75, 3.05) is 7.11 Å². The highest BCUT2D eigenvalue weighted by Gasteiger charge is 2.43. The van der Waals surface area contributed by atoms with E-state index < -0.39 is 0 Å². The zero-order chi connectivity index (χ0) is 13.3. The molecule has 1 aromatic rings. The lowest BCUT2D eigenvalue weighted by Gasteiger charge is -2.30. The second kappa shape index (κ2) is 4.59. The molecule has 0 aromatic heterocycles. The number of benzene rings is 1. The van der Waals surface area contributed by atoms with Crippen molar-refractivity contribution < 1.29 is 13.9 Å². The Morgan fingerprint density at radius 1 is 1.56 bits per heavy atom. The van der Waals surface area contributed by atoms with Crippen LogP contribution in [0.4, 0.5) is 4.39 Å². The van der Waals surface area contributed by atoms with Crippen molar-refractivity contribution in [1.82, 2.24) is 5.32 Å². The first-order valence-electron chi connectivity index (χ1n) is 6.14. The smallest absolute Gasteiger partial charge is 0.221 e. The first-order chi connectivity index (χ1) is 8.51. The van der Waals surface area contributed by atoms with Crippen molar-refractivity contribution >= 4 is 5.91 Å². The summed E-state index contributed by atoms with van der Waals surface area (Å²) in [6, 6.07) is 4.98. The van der Waals surface area contributed by atoms with Gasteiger partial charge >= 0.3 is 0 Å². The molecule has 1 aliphatic heterocycles. The van der Waals surface area contributed by atoms with Gasteiger partial charge in [0, 0.05) is 17.9 Å². The van der Waals surface area contributed by atoms with Crippen molar-refractivity contribution in [3.63, 3.8) is 0 Å². The van der Waals surface area contributed by atoms with E-state index in [0.29, 0.717) is 6.42 Å². The SMILES string of the molecule is CCC1NC(=O)CC1(C)c1ccc(OC)c(F)c1. The molecule has 0 bridgehead atoms. The van der Waals surface area contributed by atoms with Crippen LogP contribution in [0.2, 0.25) is 0 Å². The lowest BCUT2D eigenvalue weighted by Crippen LogP contribution is -2.37. The quantitative estimate of drug-likeness (QED) is 0.895. The van der Waals surface area contributed by atoms with Crippen LogP contribution in [-0.4, -0.2) is 19.1 Å². The number of carbonyl (C=O) groups excluding carboxylic acids is 1. The predicted octanol–water partition coefficient (Wildman–Crippen LogP) is 2.39. The maximum absolute atomic E-state index is 13.8. The first-order valence-corrected chi connectivity index (χ1v) is 6.14. The molecule has 4 heteroatoms. The molecule has 0 radical (unpaired) electrons. The number of carbonyl (C=O) groups is 1. The Morgan fingerprint density at radius 2 is 2.28 bits per heavy atom. The molecule has 0 saturated carbocycles. The average molecular weight is 251 g/mol. The number of ether oxygens (including phenoxy) is 1. The van der Waals surface area contributed by atoms with Crippen molar-refractivity contribution in [1.29, 1.82) is 0 Å². The van der Waals surface area contributed by atoms with Crippen LogP contribution < -0.4 is 10.1 Å². The third kappa shape index (κ3) is 1.96. The van der Waals surface area contributed by atoms with Crippen molar-refractivity contribution in [2.45, 2.75) is 38.1 Å². The van der Waals surface area contributed by atoms with Gasteiger partial charge in [-0.05, 0) is 24.1 Å². The number of amides is 1. The number of methoxy groups -OCH3 is 1. The standard InChI is InChI=1S/C14H18FNO2/c1-4-12-14(2,8-13(17)16-12)9-5-6-11(18-3)10(15)7-9/h5-7,12H,4,8H2,1-3H3,(H,16,17). The molecule has 1 amide bonds. The molecule has 1 fully saturated rings.